The van der Waals surface area contributed by atoms with Crippen LogP contribution < -0.4 is 11.3 Å². The van der Waals surface area contributed by atoms with E-state index >= 15 is 0 Å². The Morgan fingerprint density at radius 1 is 1.14 bits per heavy atom. The third-order valence-corrected chi connectivity index (χ3v) is 4.48. The number of fused-ring (bicyclic) bond motifs is 1. The van der Waals surface area contributed by atoms with E-state index in [1.54, 1.807) is 19.1 Å². The number of halogens is 1. The molecule has 3 aromatic rings. The third kappa shape index (κ3) is 4.49. The second-order valence-electron chi connectivity index (χ2n) is 6.16. The molecule has 0 aliphatic heterocycles. The van der Waals surface area contributed by atoms with Crippen molar-refractivity contribution >= 4 is 34.2 Å². The number of hydrazine groups is 1. The van der Waals surface area contributed by atoms with Crippen molar-refractivity contribution in [2.45, 2.75) is 13.0 Å². The van der Waals surface area contributed by atoms with Crippen molar-refractivity contribution in [3.05, 3.63) is 76.3 Å². The minimum absolute atomic E-state index is 0.0614. The van der Waals surface area contributed by atoms with Crippen LogP contribution in [0.25, 0.3) is 10.8 Å². The summed E-state index contributed by atoms with van der Waals surface area (Å²) in [5, 5.41) is 11.0. The average Bonchev–Trinajstić information content (AvgIpc) is 2.73. The fourth-order valence-corrected chi connectivity index (χ4v) is 2.94. The number of phenolic OH excluding ortho intramolecular Hbond substituents is 1. The van der Waals surface area contributed by atoms with Crippen molar-refractivity contribution in [2.75, 3.05) is 0 Å². The number of phenols is 1. The van der Waals surface area contributed by atoms with Crippen LogP contribution in [-0.2, 0) is 4.74 Å². The molecule has 1 amide bonds. The van der Waals surface area contributed by atoms with E-state index in [1.165, 1.54) is 18.2 Å². The van der Waals surface area contributed by atoms with Gasteiger partial charge in [-0.25, -0.2) is 10.6 Å². The Bertz CT molecular complexity index is 1160. The Morgan fingerprint density at radius 3 is 2.55 bits per heavy atom. The van der Waals surface area contributed by atoms with Crippen molar-refractivity contribution < 1.29 is 19.4 Å². The zero-order chi connectivity index (χ0) is 21.0. The molecule has 0 aliphatic carbocycles. The zero-order valence-corrected chi connectivity index (χ0v) is 16.2. The van der Waals surface area contributed by atoms with E-state index in [4.69, 9.17) is 22.2 Å². The molecule has 3 aromatic carbocycles. The fourth-order valence-electron chi connectivity index (χ4n) is 2.76. The topological polar surface area (TPSA) is 102 Å². The van der Waals surface area contributed by atoms with Crippen LogP contribution in [-0.4, -0.2) is 23.1 Å². The lowest BCUT2D eigenvalue weighted by molar-refractivity contribution is 0.0438. The lowest BCUT2D eigenvalue weighted by atomic mass is 9.99. The van der Waals surface area contributed by atoms with Crippen LogP contribution in [0.3, 0.4) is 0 Å². The second kappa shape index (κ2) is 8.65. The zero-order valence-electron chi connectivity index (χ0n) is 15.4. The molecule has 0 saturated carbocycles. The largest absolute Gasteiger partial charge is 0.506 e. The molecule has 146 valence electrons. The molecule has 0 fully saturated rings. The van der Waals surface area contributed by atoms with Gasteiger partial charge in [0.25, 0.3) is 5.91 Å². The van der Waals surface area contributed by atoms with Crippen LogP contribution in [0.2, 0.25) is 5.02 Å². The number of nitrogens with two attached hydrogens (primary N) is 1. The summed E-state index contributed by atoms with van der Waals surface area (Å²) in [5.74, 6) is 10.0. The Kier molecular flexibility index (Phi) is 6.03. The average molecular weight is 409 g/mol. The summed E-state index contributed by atoms with van der Waals surface area (Å²) < 4.78 is 5.31. The number of nitrogens with one attached hydrogen (secondary N) is 1. The first-order valence-electron chi connectivity index (χ1n) is 8.64. The first kappa shape index (κ1) is 20.2. The number of aromatic hydroxyl groups is 1. The molecule has 0 heterocycles. The molecule has 0 aromatic heterocycles. The highest BCUT2D eigenvalue weighted by Crippen LogP contribution is 2.24. The Labute approximate surface area is 172 Å². The van der Waals surface area contributed by atoms with E-state index in [1.807, 2.05) is 24.3 Å². The maximum atomic E-state index is 12.2. The van der Waals surface area contributed by atoms with Gasteiger partial charge in [-0.15, -0.1) is 0 Å². The van der Waals surface area contributed by atoms with E-state index in [0.29, 0.717) is 16.5 Å². The van der Waals surface area contributed by atoms with E-state index in [-0.39, 0.29) is 16.3 Å². The molecule has 7 heteroatoms. The highest BCUT2D eigenvalue weighted by atomic mass is 35.5. The van der Waals surface area contributed by atoms with Crippen molar-refractivity contribution in [2.24, 2.45) is 5.84 Å². The van der Waals surface area contributed by atoms with Gasteiger partial charge in [-0.2, -0.15) is 0 Å². The molecule has 0 aliphatic rings. The van der Waals surface area contributed by atoms with Crippen LogP contribution in [0.5, 0.6) is 5.75 Å². The van der Waals surface area contributed by atoms with Crippen LogP contribution in [0.15, 0.2) is 54.6 Å². The van der Waals surface area contributed by atoms with Gasteiger partial charge in [-0.05, 0) is 48.0 Å². The summed E-state index contributed by atoms with van der Waals surface area (Å²) in [5.41, 5.74) is 3.47. The SMILES string of the molecule is CC(C#Cc1ccc(C(=O)NN)c2ccccc12)OC(=O)c1ccc(O)c(Cl)c1. The molecule has 0 bridgehead atoms. The van der Waals surface area contributed by atoms with Crippen LogP contribution >= 0.6 is 11.6 Å². The van der Waals surface area contributed by atoms with Crippen molar-refractivity contribution in [3.8, 4) is 17.6 Å². The van der Waals surface area contributed by atoms with Crippen LogP contribution in [0.4, 0.5) is 0 Å². The molecule has 0 saturated heterocycles. The van der Waals surface area contributed by atoms with Crippen molar-refractivity contribution in [1.29, 1.82) is 0 Å². The van der Waals surface area contributed by atoms with Crippen LogP contribution in [0.1, 0.15) is 33.2 Å². The summed E-state index contributed by atoms with van der Waals surface area (Å²) in [7, 11) is 0. The van der Waals surface area contributed by atoms with Gasteiger partial charge in [0.2, 0.25) is 0 Å². The summed E-state index contributed by atoms with van der Waals surface area (Å²) >= 11 is 5.81. The number of hydrogen-bond donors (Lipinski definition) is 3. The highest BCUT2D eigenvalue weighted by molar-refractivity contribution is 6.32. The van der Waals surface area contributed by atoms with Gasteiger partial charge in [-0.1, -0.05) is 47.7 Å². The van der Waals surface area contributed by atoms with Gasteiger partial charge in [0.05, 0.1) is 10.6 Å². The lowest BCUT2D eigenvalue weighted by Gasteiger charge is -2.09. The number of carbonyl (C=O) groups is 2. The summed E-state index contributed by atoms with van der Waals surface area (Å²) in [6, 6.07) is 14.7. The predicted octanol–water partition coefficient (Wildman–Crippen LogP) is 3.40. The first-order chi connectivity index (χ1) is 13.9. The van der Waals surface area contributed by atoms with Crippen molar-refractivity contribution in [1.82, 2.24) is 5.43 Å². The van der Waals surface area contributed by atoms with Crippen molar-refractivity contribution in [3.63, 3.8) is 0 Å². The minimum Gasteiger partial charge on any atom is -0.506 e. The number of ether oxygens (including phenoxy) is 1. The second-order valence-corrected chi connectivity index (χ2v) is 6.57. The van der Waals surface area contributed by atoms with Gasteiger partial charge in [0.1, 0.15) is 5.75 Å². The smallest absolute Gasteiger partial charge is 0.339 e. The van der Waals surface area contributed by atoms with Gasteiger partial charge in [0.15, 0.2) is 6.10 Å². The number of hydrogen-bond acceptors (Lipinski definition) is 5. The number of amides is 1. The fraction of sp³-hybridized carbons (Fsp3) is 0.0909. The molecule has 29 heavy (non-hydrogen) atoms. The van der Waals surface area contributed by atoms with E-state index in [9.17, 15) is 14.7 Å². The van der Waals surface area contributed by atoms with E-state index in [0.717, 1.165) is 5.39 Å². The quantitative estimate of drug-likeness (QED) is 0.203. The number of nitrogen functional groups attached to an aromatic ring is 1. The molecule has 0 radical (unpaired) electrons. The monoisotopic (exact) mass is 408 g/mol. The van der Waals surface area contributed by atoms with Gasteiger partial charge < -0.3 is 9.84 Å². The number of esters is 1. The maximum Gasteiger partial charge on any atom is 0.339 e. The Morgan fingerprint density at radius 2 is 1.86 bits per heavy atom. The minimum atomic E-state index is -0.694. The normalized spacial score (nSPS) is 11.3. The summed E-state index contributed by atoms with van der Waals surface area (Å²) in [6.07, 6.45) is -0.694. The van der Waals surface area contributed by atoms with E-state index < -0.39 is 18.0 Å². The lowest BCUT2D eigenvalue weighted by Crippen LogP contribution is -2.30. The number of benzene rings is 3. The van der Waals surface area contributed by atoms with Gasteiger partial charge >= 0.3 is 5.97 Å². The molecule has 3 rings (SSSR count). The number of rotatable bonds is 3. The third-order valence-electron chi connectivity index (χ3n) is 4.18. The molecular formula is C22H17ClN2O4. The molecular weight excluding hydrogens is 392 g/mol. The maximum absolute atomic E-state index is 12.2. The predicted molar refractivity (Wildman–Crippen MR) is 110 cm³/mol. The Balaban J connectivity index is 1.84. The molecule has 0 spiro atoms. The number of carbonyl (C=O) groups excluding carboxylic acids is 2. The molecule has 6 nitrogen and oxygen atoms in total. The highest BCUT2D eigenvalue weighted by Gasteiger charge is 2.13. The summed E-state index contributed by atoms with van der Waals surface area (Å²) in [4.78, 5) is 24.2. The van der Waals surface area contributed by atoms with Gasteiger partial charge in [-0.3, -0.25) is 10.2 Å². The summed E-state index contributed by atoms with van der Waals surface area (Å²) in [6.45, 7) is 1.64. The first-order valence-corrected chi connectivity index (χ1v) is 9.02. The molecule has 1 atom stereocenters. The standard InChI is InChI=1S/C22H17ClN2O4/c1-13(29-22(28)15-9-11-20(26)19(23)12-15)6-7-14-8-10-18(21(27)25-24)17-5-3-2-4-16(14)17/h2-5,8-13,26H,24H2,1H3,(H,25,27). The van der Waals surface area contributed by atoms with E-state index in [2.05, 4.69) is 17.3 Å². The van der Waals surface area contributed by atoms with Crippen LogP contribution in [0, 0.1) is 11.8 Å². The van der Waals surface area contributed by atoms with Gasteiger partial charge in [0, 0.05) is 11.1 Å². The molecule has 4 N–H and O–H groups in total. The Hall–Kier alpha value is -3.53. The molecule has 1 unspecified atom stereocenters.